The van der Waals surface area contributed by atoms with E-state index in [1.165, 1.54) is 0 Å². The fourth-order valence-electron chi connectivity index (χ4n) is 3.02. The summed E-state index contributed by atoms with van der Waals surface area (Å²) >= 11 is 18.1. The molecule has 1 aliphatic heterocycles. The molecule has 2 unspecified atom stereocenters. The molecule has 0 radical (unpaired) electrons. The van der Waals surface area contributed by atoms with Crippen molar-refractivity contribution in [3.8, 4) is 0 Å². The van der Waals surface area contributed by atoms with E-state index < -0.39 is 5.60 Å². The zero-order chi connectivity index (χ0) is 16.7. The van der Waals surface area contributed by atoms with Crippen LogP contribution in [0.25, 0.3) is 0 Å². The molecule has 7 heteroatoms. The Hall–Kier alpha value is -1.66. The van der Waals surface area contributed by atoms with Crippen LogP contribution in [0.15, 0.2) is 54.9 Å². The minimum Gasteiger partial charge on any atom is -0.354 e. The van der Waals surface area contributed by atoms with Gasteiger partial charge in [0, 0.05) is 21.2 Å². The van der Waals surface area contributed by atoms with Crippen LogP contribution in [0, 0.1) is 4.77 Å². The maximum absolute atomic E-state index is 6.45. The average Bonchev–Trinajstić information content (AvgIpc) is 3.15. The van der Waals surface area contributed by atoms with Gasteiger partial charge in [0.05, 0.1) is 6.54 Å². The smallest absolute Gasteiger partial charge is 0.215 e. The molecule has 0 amide bonds. The molecule has 1 aliphatic rings. The Morgan fingerprint density at radius 2 is 1.83 bits per heavy atom. The second-order valence-electron chi connectivity index (χ2n) is 5.64. The first kappa shape index (κ1) is 15.8. The van der Waals surface area contributed by atoms with Crippen LogP contribution >= 0.6 is 35.4 Å². The van der Waals surface area contributed by atoms with Crippen molar-refractivity contribution >= 4 is 35.4 Å². The number of halogens is 2. The highest BCUT2D eigenvalue weighted by Gasteiger charge is 2.60. The molecule has 122 valence electrons. The molecule has 1 aromatic heterocycles. The van der Waals surface area contributed by atoms with Crippen LogP contribution < -0.4 is 0 Å². The van der Waals surface area contributed by atoms with E-state index in [1.807, 2.05) is 48.5 Å². The summed E-state index contributed by atoms with van der Waals surface area (Å²) in [5, 5.41) is 4.34. The highest BCUT2D eigenvalue weighted by molar-refractivity contribution is 7.71. The number of H-pyrrole nitrogens is 1. The normalized spacial score (nSPS) is 22.5. The van der Waals surface area contributed by atoms with Crippen LogP contribution in [0.5, 0.6) is 0 Å². The second kappa shape index (κ2) is 6.01. The standard InChI is InChI=1S/C17H13Cl2N3OS/c18-13-7-3-1-5-11(13)15-17(23-15,9-22-16(24)20-10-21-22)12-6-2-4-8-14(12)19/h1-8,10,15H,9H2,(H,20,21,24). The van der Waals surface area contributed by atoms with Crippen molar-refractivity contribution in [1.82, 2.24) is 14.8 Å². The highest BCUT2D eigenvalue weighted by Crippen LogP contribution is 2.60. The molecule has 0 bridgehead atoms. The zero-order valence-electron chi connectivity index (χ0n) is 12.4. The number of aromatic nitrogens is 3. The van der Waals surface area contributed by atoms with Gasteiger partial charge >= 0.3 is 0 Å². The molecule has 1 fully saturated rings. The fraction of sp³-hybridized carbons (Fsp3) is 0.176. The summed E-state index contributed by atoms with van der Waals surface area (Å²) in [7, 11) is 0. The molecule has 24 heavy (non-hydrogen) atoms. The number of rotatable bonds is 4. The van der Waals surface area contributed by atoms with E-state index in [4.69, 9.17) is 40.2 Å². The lowest BCUT2D eigenvalue weighted by Crippen LogP contribution is -2.20. The molecule has 0 saturated carbocycles. The van der Waals surface area contributed by atoms with E-state index in [0.717, 1.165) is 11.1 Å². The molecule has 1 saturated heterocycles. The first-order chi connectivity index (χ1) is 11.6. The van der Waals surface area contributed by atoms with Crippen molar-refractivity contribution in [2.75, 3.05) is 0 Å². The first-order valence-electron chi connectivity index (χ1n) is 7.39. The van der Waals surface area contributed by atoms with E-state index in [0.29, 0.717) is 21.4 Å². The molecule has 0 spiro atoms. The fourth-order valence-corrected chi connectivity index (χ4v) is 3.72. The number of nitrogens with one attached hydrogen (secondary N) is 1. The highest BCUT2D eigenvalue weighted by atomic mass is 35.5. The van der Waals surface area contributed by atoms with Gasteiger partial charge in [-0.25, -0.2) is 4.98 Å². The minimum absolute atomic E-state index is 0.198. The van der Waals surface area contributed by atoms with Gasteiger partial charge in [0.15, 0.2) is 0 Å². The molecule has 4 nitrogen and oxygen atoms in total. The molecule has 1 N–H and O–H groups in total. The lowest BCUT2D eigenvalue weighted by atomic mass is 9.91. The Bertz CT molecular complexity index is 955. The predicted octanol–water partition coefficient (Wildman–Crippen LogP) is 4.91. The topological polar surface area (TPSA) is 46.1 Å². The van der Waals surface area contributed by atoms with Crippen LogP contribution in [0.1, 0.15) is 17.2 Å². The summed E-state index contributed by atoms with van der Waals surface area (Å²) in [4.78, 5) is 4.07. The summed E-state index contributed by atoms with van der Waals surface area (Å²) in [6.45, 7) is 0.478. The largest absolute Gasteiger partial charge is 0.354 e. The quantitative estimate of drug-likeness (QED) is 0.518. The molecule has 4 rings (SSSR count). The molecular weight excluding hydrogens is 365 g/mol. The lowest BCUT2D eigenvalue weighted by molar-refractivity contribution is 0.262. The van der Waals surface area contributed by atoms with Crippen LogP contribution in [0.3, 0.4) is 0 Å². The van der Waals surface area contributed by atoms with Gasteiger partial charge in [0.2, 0.25) is 4.77 Å². The van der Waals surface area contributed by atoms with Gasteiger partial charge in [0.1, 0.15) is 18.0 Å². The van der Waals surface area contributed by atoms with Gasteiger partial charge in [0.25, 0.3) is 0 Å². The second-order valence-corrected chi connectivity index (χ2v) is 6.82. The molecule has 2 atom stereocenters. The third-order valence-electron chi connectivity index (χ3n) is 4.22. The predicted molar refractivity (Wildman–Crippen MR) is 95.8 cm³/mol. The number of epoxide rings is 1. The Labute approximate surface area is 154 Å². The van der Waals surface area contributed by atoms with Crippen molar-refractivity contribution in [3.05, 3.63) is 80.8 Å². The van der Waals surface area contributed by atoms with Crippen molar-refractivity contribution < 1.29 is 4.74 Å². The molecule has 0 aliphatic carbocycles. The summed E-state index contributed by atoms with van der Waals surface area (Å²) < 4.78 is 8.42. The summed E-state index contributed by atoms with van der Waals surface area (Å²) in [5.74, 6) is 0. The van der Waals surface area contributed by atoms with Crippen molar-refractivity contribution in [1.29, 1.82) is 0 Å². The molecule has 2 aromatic carbocycles. The van der Waals surface area contributed by atoms with E-state index in [2.05, 4.69) is 10.1 Å². The third-order valence-corrected chi connectivity index (χ3v) is 5.22. The third kappa shape index (κ3) is 2.58. The van der Waals surface area contributed by atoms with Crippen LogP contribution in [0.2, 0.25) is 10.0 Å². The number of aromatic amines is 1. The van der Waals surface area contributed by atoms with E-state index in [-0.39, 0.29) is 6.10 Å². The van der Waals surface area contributed by atoms with E-state index in [9.17, 15) is 0 Å². The molecular formula is C17H13Cl2N3OS. The number of ether oxygens (including phenoxy) is 1. The van der Waals surface area contributed by atoms with Gasteiger partial charge in [-0.05, 0) is 24.4 Å². The number of nitrogens with zero attached hydrogens (tertiary/aromatic N) is 2. The zero-order valence-corrected chi connectivity index (χ0v) is 14.8. The van der Waals surface area contributed by atoms with Gasteiger partial charge in [-0.3, -0.25) is 9.78 Å². The van der Waals surface area contributed by atoms with Crippen LogP contribution in [-0.4, -0.2) is 14.8 Å². The van der Waals surface area contributed by atoms with E-state index >= 15 is 0 Å². The van der Waals surface area contributed by atoms with Gasteiger partial charge in [-0.15, -0.1) is 0 Å². The van der Waals surface area contributed by atoms with Gasteiger partial charge in [-0.1, -0.05) is 59.6 Å². The maximum Gasteiger partial charge on any atom is 0.215 e. The number of benzene rings is 2. The SMILES string of the molecule is S=c1nc[nH]n1CC1(c2ccccc2Cl)OC1c1ccccc1Cl. The average molecular weight is 378 g/mol. The molecule has 3 aromatic rings. The van der Waals surface area contributed by atoms with Crippen molar-refractivity contribution in [2.45, 2.75) is 18.2 Å². The van der Waals surface area contributed by atoms with Crippen molar-refractivity contribution in [3.63, 3.8) is 0 Å². The van der Waals surface area contributed by atoms with Gasteiger partial charge < -0.3 is 4.74 Å². The summed E-state index contributed by atoms with van der Waals surface area (Å²) in [5.41, 5.74) is 1.21. The van der Waals surface area contributed by atoms with Crippen molar-refractivity contribution in [2.24, 2.45) is 0 Å². The maximum atomic E-state index is 6.45. The minimum atomic E-state index is -0.631. The van der Waals surface area contributed by atoms with E-state index in [1.54, 1.807) is 11.0 Å². The first-order valence-corrected chi connectivity index (χ1v) is 8.56. The van der Waals surface area contributed by atoms with Gasteiger partial charge in [-0.2, -0.15) is 0 Å². The lowest BCUT2D eigenvalue weighted by Gasteiger charge is -2.16. The molecule has 2 heterocycles. The number of hydrogen-bond acceptors (Lipinski definition) is 3. The Kier molecular flexibility index (Phi) is 3.96. The monoisotopic (exact) mass is 377 g/mol. The number of hydrogen-bond donors (Lipinski definition) is 1. The Balaban J connectivity index is 1.81. The summed E-state index contributed by atoms with van der Waals surface area (Å²) in [6, 6.07) is 15.3. The summed E-state index contributed by atoms with van der Waals surface area (Å²) in [6.07, 6.45) is 1.37. The van der Waals surface area contributed by atoms with Crippen LogP contribution in [0.4, 0.5) is 0 Å². The van der Waals surface area contributed by atoms with Crippen LogP contribution in [-0.2, 0) is 16.9 Å². The Morgan fingerprint density at radius 1 is 1.12 bits per heavy atom. The Morgan fingerprint density at radius 3 is 2.50 bits per heavy atom.